The highest BCUT2D eigenvalue weighted by molar-refractivity contribution is 6.29. The van der Waals surface area contributed by atoms with Crippen molar-refractivity contribution in [2.75, 3.05) is 12.1 Å². The van der Waals surface area contributed by atoms with Gasteiger partial charge in [-0.15, -0.1) is 0 Å². The number of aromatic nitrogens is 2. The molecule has 0 aliphatic carbocycles. The summed E-state index contributed by atoms with van der Waals surface area (Å²) in [6.07, 6.45) is 1.64. The molecule has 0 saturated carbocycles. The van der Waals surface area contributed by atoms with Gasteiger partial charge >= 0.3 is 0 Å². The molecule has 0 bridgehead atoms. The quantitative estimate of drug-likeness (QED) is 0.926. The van der Waals surface area contributed by atoms with Crippen molar-refractivity contribution in [2.24, 2.45) is 7.05 Å². The molecule has 94 valence electrons. The normalized spacial score (nSPS) is 12.8. The van der Waals surface area contributed by atoms with Gasteiger partial charge in [-0.05, 0) is 12.1 Å². The van der Waals surface area contributed by atoms with Gasteiger partial charge in [0.15, 0.2) is 11.5 Å². The van der Waals surface area contributed by atoms with Crippen molar-refractivity contribution in [3.8, 4) is 11.5 Å². The van der Waals surface area contributed by atoms with Crippen LogP contribution in [0.1, 0.15) is 5.82 Å². The fourth-order valence-electron chi connectivity index (χ4n) is 1.78. The molecule has 0 spiro atoms. The SMILES string of the molecule is Cn1c(Cl)cnc1CNc1ccc2c(c1)OCO2. The Hall–Kier alpha value is -1.88. The molecule has 1 aliphatic rings. The first kappa shape index (κ1) is 11.2. The predicted molar refractivity (Wildman–Crippen MR) is 68.1 cm³/mol. The first-order valence-electron chi connectivity index (χ1n) is 5.53. The van der Waals surface area contributed by atoms with E-state index < -0.39 is 0 Å². The highest BCUT2D eigenvalue weighted by Gasteiger charge is 2.13. The Kier molecular flexibility index (Phi) is 2.76. The van der Waals surface area contributed by atoms with E-state index in [2.05, 4.69) is 10.3 Å². The number of nitrogens with zero attached hydrogens (tertiary/aromatic N) is 2. The third-order valence-corrected chi connectivity index (χ3v) is 3.20. The van der Waals surface area contributed by atoms with E-state index in [0.717, 1.165) is 23.0 Å². The fourth-order valence-corrected chi connectivity index (χ4v) is 1.92. The number of hydrogen-bond donors (Lipinski definition) is 1. The number of rotatable bonds is 3. The highest BCUT2D eigenvalue weighted by Crippen LogP contribution is 2.34. The Morgan fingerprint density at radius 1 is 1.39 bits per heavy atom. The molecule has 1 aliphatic heterocycles. The third kappa shape index (κ3) is 1.97. The van der Waals surface area contributed by atoms with Crippen molar-refractivity contribution in [3.05, 3.63) is 35.4 Å². The second-order valence-corrected chi connectivity index (χ2v) is 4.37. The molecule has 2 aromatic rings. The van der Waals surface area contributed by atoms with E-state index in [9.17, 15) is 0 Å². The van der Waals surface area contributed by atoms with Gasteiger partial charge in [0, 0.05) is 18.8 Å². The van der Waals surface area contributed by atoms with Crippen molar-refractivity contribution in [1.29, 1.82) is 0 Å². The molecule has 0 amide bonds. The first-order valence-corrected chi connectivity index (χ1v) is 5.91. The molecule has 5 nitrogen and oxygen atoms in total. The summed E-state index contributed by atoms with van der Waals surface area (Å²) in [7, 11) is 1.88. The molecular weight excluding hydrogens is 254 g/mol. The Morgan fingerprint density at radius 2 is 2.22 bits per heavy atom. The summed E-state index contributed by atoms with van der Waals surface area (Å²) < 4.78 is 12.4. The second-order valence-electron chi connectivity index (χ2n) is 3.98. The van der Waals surface area contributed by atoms with Crippen LogP contribution in [0.15, 0.2) is 24.4 Å². The van der Waals surface area contributed by atoms with E-state index in [0.29, 0.717) is 11.7 Å². The summed E-state index contributed by atoms with van der Waals surface area (Å²) in [5.41, 5.74) is 0.957. The van der Waals surface area contributed by atoms with Crippen LogP contribution in [0.5, 0.6) is 11.5 Å². The Morgan fingerprint density at radius 3 is 3.00 bits per heavy atom. The van der Waals surface area contributed by atoms with E-state index in [4.69, 9.17) is 21.1 Å². The largest absolute Gasteiger partial charge is 0.454 e. The Balaban J connectivity index is 1.72. The number of fused-ring (bicyclic) bond motifs is 1. The van der Waals surface area contributed by atoms with Crippen LogP contribution in [-0.4, -0.2) is 16.3 Å². The second kappa shape index (κ2) is 4.42. The van der Waals surface area contributed by atoms with Gasteiger partial charge in [0.1, 0.15) is 11.0 Å². The molecule has 0 atom stereocenters. The lowest BCUT2D eigenvalue weighted by Crippen LogP contribution is -2.05. The number of ether oxygens (including phenoxy) is 2. The first-order chi connectivity index (χ1) is 8.74. The van der Waals surface area contributed by atoms with Gasteiger partial charge < -0.3 is 19.4 Å². The molecule has 1 aromatic heterocycles. The number of benzene rings is 1. The van der Waals surface area contributed by atoms with Crippen molar-refractivity contribution in [2.45, 2.75) is 6.54 Å². The summed E-state index contributed by atoms with van der Waals surface area (Å²) in [5, 5.41) is 3.89. The molecule has 3 rings (SSSR count). The summed E-state index contributed by atoms with van der Waals surface area (Å²) in [6, 6.07) is 5.74. The van der Waals surface area contributed by atoms with Crippen molar-refractivity contribution < 1.29 is 9.47 Å². The van der Waals surface area contributed by atoms with E-state index >= 15 is 0 Å². The van der Waals surface area contributed by atoms with Crippen molar-refractivity contribution >= 4 is 17.3 Å². The molecule has 0 saturated heterocycles. The summed E-state index contributed by atoms with van der Waals surface area (Å²) in [4.78, 5) is 4.22. The number of nitrogens with one attached hydrogen (secondary N) is 1. The molecule has 2 heterocycles. The maximum Gasteiger partial charge on any atom is 0.231 e. The predicted octanol–water partition coefficient (Wildman–Crippen LogP) is 2.41. The average Bonchev–Trinajstić information content (AvgIpc) is 2.96. The minimum absolute atomic E-state index is 0.285. The average molecular weight is 266 g/mol. The number of hydrogen-bond acceptors (Lipinski definition) is 4. The minimum atomic E-state index is 0.285. The van der Waals surface area contributed by atoms with Crippen LogP contribution >= 0.6 is 11.6 Å². The molecular formula is C12H12ClN3O2. The van der Waals surface area contributed by atoms with Gasteiger partial charge in [-0.25, -0.2) is 4.98 Å². The van der Waals surface area contributed by atoms with Gasteiger partial charge in [0.2, 0.25) is 6.79 Å². The lowest BCUT2D eigenvalue weighted by atomic mass is 10.3. The van der Waals surface area contributed by atoms with Gasteiger partial charge in [-0.1, -0.05) is 11.6 Å². The van der Waals surface area contributed by atoms with Crippen molar-refractivity contribution in [3.63, 3.8) is 0 Å². The number of halogens is 1. The van der Waals surface area contributed by atoms with Gasteiger partial charge in [0.05, 0.1) is 12.7 Å². The van der Waals surface area contributed by atoms with Crippen LogP contribution in [0.2, 0.25) is 5.15 Å². The molecule has 0 fully saturated rings. The molecule has 0 radical (unpaired) electrons. The number of anilines is 1. The molecule has 18 heavy (non-hydrogen) atoms. The molecule has 0 unspecified atom stereocenters. The summed E-state index contributed by atoms with van der Waals surface area (Å²) >= 11 is 5.92. The van der Waals surface area contributed by atoms with E-state index in [1.54, 1.807) is 6.20 Å². The summed E-state index contributed by atoms with van der Waals surface area (Å²) in [5.74, 6) is 2.41. The summed E-state index contributed by atoms with van der Waals surface area (Å²) in [6.45, 7) is 0.886. The molecule has 6 heteroatoms. The molecule has 1 N–H and O–H groups in total. The van der Waals surface area contributed by atoms with Crippen LogP contribution in [0.4, 0.5) is 5.69 Å². The van der Waals surface area contributed by atoms with Crippen LogP contribution in [0.3, 0.4) is 0 Å². The third-order valence-electron chi connectivity index (χ3n) is 2.85. The Bertz CT molecular complexity index is 583. The zero-order valence-electron chi connectivity index (χ0n) is 9.81. The zero-order valence-corrected chi connectivity index (χ0v) is 10.6. The van der Waals surface area contributed by atoms with Crippen LogP contribution in [0, 0.1) is 0 Å². The smallest absolute Gasteiger partial charge is 0.231 e. The lowest BCUT2D eigenvalue weighted by molar-refractivity contribution is 0.174. The van der Waals surface area contributed by atoms with Crippen LogP contribution in [0.25, 0.3) is 0 Å². The maximum atomic E-state index is 5.92. The zero-order chi connectivity index (χ0) is 12.5. The van der Waals surface area contributed by atoms with Gasteiger partial charge in [-0.2, -0.15) is 0 Å². The number of imidazole rings is 1. The standard InChI is InChI=1S/C12H12ClN3O2/c1-16-11(13)5-15-12(16)6-14-8-2-3-9-10(4-8)18-7-17-9/h2-5,14H,6-7H2,1H3. The van der Waals surface area contributed by atoms with Crippen molar-refractivity contribution in [1.82, 2.24) is 9.55 Å². The lowest BCUT2D eigenvalue weighted by Gasteiger charge is -2.07. The highest BCUT2D eigenvalue weighted by atomic mass is 35.5. The van der Waals surface area contributed by atoms with Crippen LogP contribution in [-0.2, 0) is 13.6 Å². The maximum absolute atomic E-state index is 5.92. The van der Waals surface area contributed by atoms with Gasteiger partial charge in [-0.3, -0.25) is 0 Å². The van der Waals surface area contributed by atoms with Crippen LogP contribution < -0.4 is 14.8 Å². The van der Waals surface area contributed by atoms with E-state index in [1.807, 2.05) is 29.8 Å². The Labute approximate surface area is 109 Å². The van der Waals surface area contributed by atoms with Gasteiger partial charge in [0.25, 0.3) is 0 Å². The minimum Gasteiger partial charge on any atom is -0.454 e. The van der Waals surface area contributed by atoms with E-state index in [-0.39, 0.29) is 6.79 Å². The monoisotopic (exact) mass is 265 g/mol. The fraction of sp³-hybridized carbons (Fsp3) is 0.250. The van der Waals surface area contributed by atoms with E-state index in [1.165, 1.54) is 0 Å². The molecule has 1 aromatic carbocycles. The topological polar surface area (TPSA) is 48.3 Å².